The van der Waals surface area contributed by atoms with Crippen LogP contribution in [-0.2, 0) is 4.79 Å². The predicted octanol–water partition coefficient (Wildman–Crippen LogP) is 2.90. The number of amides is 1. The molecular formula is C12H15ClN2O. The van der Waals surface area contributed by atoms with E-state index in [0.29, 0.717) is 11.4 Å². The molecule has 1 aliphatic heterocycles. The van der Waals surface area contributed by atoms with E-state index in [9.17, 15) is 4.79 Å². The highest BCUT2D eigenvalue weighted by Crippen LogP contribution is 2.36. The van der Waals surface area contributed by atoms with Gasteiger partial charge in [0.25, 0.3) is 0 Å². The first kappa shape index (κ1) is 11.3. The van der Waals surface area contributed by atoms with Crippen molar-refractivity contribution in [3.63, 3.8) is 0 Å². The van der Waals surface area contributed by atoms with Crippen molar-refractivity contribution in [1.29, 1.82) is 0 Å². The van der Waals surface area contributed by atoms with Gasteiger partial charge in [-0.05, 0) is 26.0 Å². The Morgan fingerprint density at radius 1 is 1.56 bits per heavy atom. The average Bonchev–Trinajstić information content (AvgIpc) is 2.35. The Bertz CT molecular complexity index is 419. The molecule has 0 radical (unpaired) electrons. The zero-order valence-electron chi connectivity index (χ0n) is 9.46. The van der Waals surface area contributed by atoms with Crippen molar-refractivity contribution >= 4 is 28.9 Å². The molecule has 1 aromatic carbocycles. The molecule has 0 spiro atoms. The number of halogens is 1. The van der Waals surface area contributed by atoms with Gasteiger partial charge in [-0.3, -0.25) is 4.79 Å². The summed E-state index contributed by atoms with van der Waals surface area (Å²) in [6.07, 6.45) is 0.499. The summed E-state index contributed by atoms with van der Waals surface area (Å²) in [4.78, 5) is 13.9. The Hall–Kier alpha value is -1.22. The Kier molecular flexibility index (Phi) is 3.06. The van der Waals surface area contributed by atoms with Gasteiger partial charge in [0, 0.05) is 19.0 Å². The molecule has 0 aliphatic carbocycles. The van der Waals surface area contributed by atoms with Crippen molar-refractivity contribution < 1.29 is 4.79 Å². The minimum Gasteiger partial charge on any atom is -0.367 e. The molecule has 0 saturated carbocycles. The minimum atomic E-state index is 0.0257. The summed E-state index contributed by atoms with van der Waals surface area (Å²) in [6, 6.07) is 5.90. The maximum Gasteiger partial charge on any atom is 0.226 e. The van der Waals surface area contributed by atoms with Gasteiger partial charge in [0.15, 0.2) is 0 Å². The lowest BCUT2D eigenvalue weighted by Crippen LogP contribution is -2.33. The van der Waals surface area contributed by atoms with Crippen molar-refractivity contribution in [3.05, 3.63) is 23.2 Å². The molecule has 1 aromatic rings. The predicted molar refractivity (Wildman–Crippen MR) is 67.2 cm³/mol. The molecule has 1 N–H and O–H groups in total. The molecule has 0 saturated heterocycles. The zero-order valence-corrected chi connectivity index (χ0v) is 10.2. The van der Waals surface area contributed by atoms with E-state index in [1.807, 2.05) is 12.1 Å². The monoisotopic (exact) mass is 238 g/mol. The van der Waals surface area contributed by atoms with Gasteiger partial charge in [0.1, 0.15) is 0 Å². The van der Waals surface area contributed by atoms with Crippen LogP contribution in [0, 0.1) is 0 Å². The van der Waals surface area contributed by atoms with Gasteiger partial charge < -0.3 is 10.2 Å². The summed E-state index contributed by atoms with van der Waals surface area (Å²) in [7, 11) is 0. The van der Waals surface area contributed by atoms with Crippen LogP contribution >= 0.6 is 11.6 Å². The van der Waals surface area contributed by atoms with Crippen LogP contribution in [-0.4, -0.2) is 18.5 Å². The standard InChI is InChI=1S/C12H15ClN2O/c1-3-15-8(2)7-11(16)14-12-9(13)5-4-6-10(12)15/h4-6,8H,3,7H2,1-2H3,(H,14,16). The Morgan fingerprint density at radius 2 is 2.31 bits per heavy atom. The first-order valence-corrected chi connectivity index (χ1v) is 5.86. The molecule has 0 fully saturated rings. The van der Waals surface area contributed by atoms with Gasteiger partial charge in [-0.2, -0.15) is 0 Å². The maximum atomic E-state index is 11.7. The number of carbonyl (C=O) groups excluding carboxylic acids is 1. The van der Waals surface area contributed by atoms with Crippen LogP contribution in [0.15, 0.2) is 18.2 Å². The second-order valence-electron chi connectivity index (χ2n) is 4.02. The highest BCUT2D eigenvalue weighted by molar-refractivity contribution is 6.34. The van der Waals surface area contributed by atoms with E-state index in [1.165, 1.54) is 0 Å². The lowest BCUT2D eigenvalue weighted by molar-refractivity contribution is -0.116. The third kappa shape index (κ3) is 1.87. The van der Waals surface area contributed by atoms with Gasteiger partial charge in [-0.15, -0.1) is 0 Å². The van der Waals surface area contributed by atoms with Crippen LogP contribution in [0.1, 0.15) is 20.3 Å². The van der Waals surface area contributed by atoms with Crippen LogP contribution in [0.25, 0.3) is 0 Å². The molecule has 2 rings (SSSR count). The number of nitrogens with one attached hydrogen (secondary N) is 1. The van der Waals surface area contributed by atoms with Crippen LogP contribution in [0.4, 0.5) is 11.4 Å². The van der Waals surface area contributed by atoms with E-state index in [2.05, 4.69) is 24.1 Å². The minimum absolute atomic E-state index is 0.0257. The molecule has 3 nitrogen and oxygen atoms in total. The van der Waals surface area contributed by atoms with Crippen LogP contribution in [0.3, 0.4) is 0 Å². The summed E-state index contributed by atoms with van der Waals surface area (Å²) in [5, 5.41) is 3.47. The Balaban J connectivity index is 2.54. The number of rotatable bonds is 1. The third-order valence-corrected chi connectivity index (χ3v) is 3.23. The van der Waals surface area contributed by atoms with Crippen molar-refractivity contribution in [1.82, 2.24) is 0 Å². The molecule has 4 heteroatoms. The number of hydrogen-bond acceptors (Lipinski definition) is 2. The van der Waals surface area contributed by atoms with Gasteiger partial charge in [0.2, 0.25) is 5.91 Å². The largest absolute Gasteiger partial charge is 0.367 e. The second-order valence-corrected chi connectivity index (χ2v) is 4.43. The summed E-state index contributed by atoms with van der Waals surface area (Å²) in [6.45, 7) is 5.00. The van der Waals surface area contributed by atoms with Crippen molar-refractivity contribution in [2.75, 3.05) is 16.8 Å². The molecule has 1 heterocycles. The Labute approximate surface area is 100 Å². The zero-order chi connectivity index (χ0) is 11.7. The van der Waals surface area contributed by atoms with E-state index in [4.69, 9.17) is 11.6 Å². The number of para-hydroxylation sites is 1. The molecule has 1 atom stereocenters. The molecule has 16 heavy (non-hydrogen) atoms. The van der Waals surface area contributed by atoms with E-state index >= 15 is 0 Å². The van der Waals surface area contributed by atoms with Crippen LogP contribution < -0.4 is 10.2 Å². The number of fused-ring (bicyclic) bond motifs is 1. The Morgan fingerprint density at radius 3 is 3.00 bits per heavy atom. The van der Waals surface area contributed by atoms with Gasteiger partial charge in [0.05, 0.1) is 16.4 Å². The lowest BCUT2D eigenvalue weighted by Gasteiger charge is -2.28. The number of anilines is 2. The molecule has 86 valence electrons. The molecule has 0 aromatic heterocycles. The number of nitrogens with zero attached hydrogens (tertiary/aromatic N) is 1. The van der Waals surface area contributed by atoms with Gasteiger partial charge in [-0.25, -0.2) is 0 Å². The van der Waals surface area contributed by atoms with E-state index in [0.717, 1.165) is 17.9 Å². The SMILES string of the molecule is CCN1c2cccc(Cl)c2NC(=O)CC1C. The summed E-state index contributed by atoms with van der Waals surface area (Å²) in [5.74, 6) is 0.0257. The van der Waals surface area contributed by atoms with E-state index < -0.39 is 0 Å². The van der Waals surface area contributed by atoms with Gasteiger partial charge in [-0.1, -0.05) is 17.7 Å². The van der Waals surface area contributed by atoms with Crippen molar-refractivity contribution in [2.24, 2.45) is 0 Å². The molecule has 1 aliphatic rings. The fourth-order valence-electron chi connectivity index (χ4n) is 2.16. The van der Waals surface area contributed by atoms with E-state index in [-0.39, 0.29) is 11.9 Å². The fraction of sp³-hybridized carbons (Fsp3) is 0.417. The highest BCUT2D eigenvalue weighted by atomic mass is 35.5. The van der Waals surface area contributed by atoms with Crippen LogP contribution in [0.2, 0.25) is 5.02 Å². The first-order chi connectivity index (χ1) is 7.63. The second kappa shape index (κ2) is 4.34. The number of benzene rings is 1. The molecule has 1 amide bonds. The quantitative estimate of drug-likeness (QED) is 0.816. The summed E-state index contributed by atoms with van der Waals surface area (Å²) >= 11 is 6.11. The third-order valence-electron chi connectivity index (χ3n) is 2.92. The normalized spacial score (nSPS) is 20.1. The molecule has 0 bridgehead atoms. The van der Waals surface area contributed by atoms with Crippen molar-refractivity contribution in [2.45, 2.75) is 26.3 Å². The number of hydrogen-bond donors (Lipinski definition) is 1. The van der Waals surface area contributed by atoms with E-state index in [1.54, 1.807) is 6.07 Å². The fourth-order valence-corrected chi connectivity index (χ4v) is 2.38. The first-order valence-electron chi connectivity index (χ1n) is 5.48. The molecule has 1 unspecified atom stereocenters. The average molecular weight is 239 g/mol. The van der Waals surface area contributed by atoms with Gasteiger partial charge >= 0.3 is 0 Å². The summed E-state index contributed by atoms with van der Waals surface area (Å²) in [5.41, 5.74) is 1.74. The van der Waals surface area contributed by atoms with Crippen molar-refractivity contribution in [3.8, 4) is 0 Å². The molecular weight excluding hydrogens is 224 g/mol. The number of carbonyl (C=O) groups is 1. The van der Waals surface area contributed by atoms with Crippen LogP contribution in [0.5, 0.6) is 0 Å². The summed E-state index contributed by atoms with van der Waals surface area (Å²) < 4.78 is 0. The smallest absolute Gasteiger partial charge is 0.226 e. The maximum absolute atomic E-state index is 11.7. The topological polar surface area (TPSA) is 32.3 Å². The lowest BCUT2D eigenvalue weighted by atomic mass is 10.2. The highest BCUT2D eigenvalue weighted by Gasteiger charge is 2.24.